The van der Waals surface area contributed by atoms with E-state index in [1.54, 1.807) is 30.1 Å². The zero-order valence-corrected chi connectivity index (χ0v) is 15.9. The first-order valence-corrected chi connectivity index (χ1v) is 8.93. The number of amides is 2. The highest BCUT2D eigenvalue weighted by molar-refractivity contribution is 5.90. The van der Waals surface area contributed by atoms with Crippen LogP contribution in [-0.2, 0) is 9.59 Å². The maximum absolute atomic E-state index is 13.0. The fraction of sp³-hybridized carbons (Fsp3) is 0.579. The third-order valence-corrected chi connectivity index (χ3v) is 4.90. The summed E-state index contributed by atoms with van der Waals surface area (Å²) in [4.78, 5) is 28.8. The first-order chi connectivity index (χ1) is 12.5. The van der Waals surface area contributed by atoms with Crippen LogP contribution in [0.3, 0.4) is 0 Å². The van der Waals surface area contributed by atoms with E-state index in [0.717, 1.165) is 5.56 Å². The summed E-state index contributed by atoms with van der Waals surface area (Å²) in [6.45, 7) is 4.96. The molecule has 7 heteroatoms. The molecule has 7 nitrogen and oxygen atoms in total. The number of aliphatic hydroxyl groups is 1. The van der Waals surface area contributed by atoms with Gasteiger partial charge in [0.15, 0.2) is 11.5 Å². The number of likely N-dealkylation sites (N-methyl/N-ethyl adjacent to an activating group) is 1. The van der Waals surface area contributed by atoms with Crippen LogP contribution in [0.1, 0.15) is 31.9 Å². The number of hydrogen-bond donors (Lipinski definition) is 1. The predicted octanol–water partition coefficient (Wildman–Crippen LogP) is 1.45. The molecule has 1 fully saturated rings. The summed E-state index contributed by atoms with van der Waals surface area (Å²) in [7, 11) is 3.12. The number of hydrogen-bond acceptors (Lipinski definition) is 5. The lowest BCUT2D eigenvalue weighted by Gasteiger charge is -2.30. The summed E-state index contributed by atoms with van der Waals surface area (Å²) < 4.78 is 10.7. The molecule has 0 aromatic heterocycles. The van der Waals surface area contributed by atoms with E-state index in [4.69, 9.17) is 9.47 Å². The van der Waals surface area contributed by atoms with E-state index in [-0.39, 0.29) is 37.4 Å². The van der Waals surface area contributed by atoms with Gasteiger partial charge in [-0.3, -0.25) is 9.59 Å². The van der Waals surface area contributed by atoms with Gasteiger partial charge >= 0.3 is 0 Å². The van der Waals surface area contributed by atoms with Gasteiger partial charge in [-0.1, -0.05) is 6.07 Å². The number of likely N-dealkylation sites (tertiary alicyclic amines) is 1. The summed E-state index contributed by atoms with van der Waals surface area (Å²) in [5.41, 5.74) is 0.841. The Morgan fingerprint density at radius 1 is 1.27 bits per heavy atom. The molecule has 0 bridgehead atoms. The second-order valence-electron chi connectivity index (χ2n) is 6.19. The summed E-state index contributed by atoms with van der Waals surface area (Å²) in [5, 5.41) is 9.22. The fourth-order valence-electron chi connectivity index (χ4n) is 3.61. The Morgan fingerprint density at radius 3 is 2.50 bits per heavy atom. The SMILES string of the molecule is CCN(CCO)C(=O)[C@@H]1CC(=O)N(CC)[C@H]1c1ccc(OC)c(OC)c1. The molecule has 0 saturated carbocycles. The Bertz CT molecular complexity index is 649. The Morgan fingerprint density at radius 2 is 1.96 bits per heavy atom. The van der Waals surface area contributed by atoms with Crippen molar-refractivity contribution in [2.75, 3.05) is 40.5 Å². The number of nitrogens with zero attached hydrogens (tertiary/aromatic N) is 2. The first-order valence-electron chi connectivity index (χ1n) is 8.93. The zero-order chi connectivity index (χ0) is 19.3. The lowest BCUT2D eigenvalue weighted by molar-refractivity contribution is -0.136. The van der Waals surface area contributed by atoms with Crippen LogP contribution in [0.4, 0.5) is 0 Å². The van der Waals surface area contributed by atoms with Crippen molar-refractivity contribution >= 4 is 11.8 Å². The van der Waals surface area contributed by atoms with Gasteiger partial charge in [-0.15, -0.1) is 0 Å². The minimum absolute atomic E-state index is 0.0364. The number of carbonyl (C=O) groups is 2. The highest BCUT2D eigenvalue weighted by atomic mass is 16.5. The number of benzene rings is 1. The van der Waals surface area contributed by atoms with Gasteiger partial charge in [0.1, 0.15) is 0 Å². The molecule has 2 rings (SSSR count). The highest BCUT2D eigenvalue weighted by Crippen LogP contribution is 2.41. The van der Waals surface area contributed by atoms with Crippen molar-refractivity contribution in [3.8, 4) is 11.5 Å². The van der Waals surface area contributed by atoms with Gasteiger partial charge < -0.3 is 24.4 Å². The normalized spacial score (nSPS) is 19.6. The standard InChI is InChI=1S/C19H28N2O5/c1-5-20(9-10-22)19(24)14-12-17(23)21(6-2)18(14)13-7-8-15(25-3)16(11-13)26-4/h7-8,11,14,18,22H,5-6,9-10,12H2,1-4H3/t14-,18+/m1/s1. The Kier molecular flexibility index (Phi) is 6.85. The van der Waals surface area contributed by atoms with Gasteiger partial charge in [0, 0.05) is 26.1 Å². The largest absolute Gasteiger partial charge is 0.493 e. The molecule has 2 atom stereocenters. The van der Waals surface area contributed by atoms with Crippen molar-refractivity contribution in [3.05, 3.63) is 23.8 Å². The Labute approximate surface area is 154 Å². The van der Waals surface area contributed by atoms with Crippen molar-refractivity contribution in [3.63, 3.8) is 0 Å². The van der Waals surface area contributed by atoms with Gasteiger partial charge in [0.05, 0.1) is 32.8 Å². The monoisotopic (exact) mass is 364 g/mol. The molecule has 144 valence electrons. The lowest BCUT2D eigenvalue weighted by atomic mass is 9.92. The molecule has 1 N–H and O–H groups in total. The van der Waals surface area contributed by atoms with Crippen molar-refractivity contribution in [2.24, 2.45) is 5.92 Å². The van der Waals surface area contributed by atoms with Crippen LogP contribution in [0.25, 0.3) is 0 Å². The van der Waals surface area contributed by atoms with Gasteiger partial charge in [0.2, 0.25) is 11.8 Å². The number of rotatable bonds is 8. The third kappa shape index (κ3) is 3.77. The molecule has 1 aliphatic heterocycles. The molecule has 0 aliphatic carbocycles. The summed E-state index contributed by atoms with van der Waals surface area (Å²) >= 11 is 0. The highest BCUT2D eigenvalue weighted by Gasteiger charge is 2.45. The van der Waals surface area contributed by atoms with E-state index in [0.29, 0.717) is 24.6 Å². The van der Waals surface area contributed by atoms with Crippen molar-refractivity contribution in [1.82, 2.24) is 9.80 Å². The quantitative estimate of drug-likeness (QED) is 0.755. The first kappa shape index (κ1) is 20.0. The molecule has 1 aromatic rings. The van der Waals surface area contributed by atoms with Crippen molar-refractivity contribution in [1.29, 1.82) is 0 Å². The summed E-state index contributed by atoms with van der Waals surface area (Å²) in [6, 6.07) is 5.13. The molecule has 1 heterocycles. The maximum atomic E-state index is 13.0. The fourth-order valence-corrected chi connectivity index (χ4v) is 3.61. The molecule has 0 unspecified atom stereocenters. The van der Waals surface area contributed by atoms with E-state index in [9.17, 15) is 14.7 Å². The zero-order valence-electron chi connectivity index (χ0n) is 15.9. The molecule has 0 radical (unpaired) electrons. The van der Waals surface area contributed by atoms with Crippen LogP contribution in [0.2, 0.25) is 0 Å². The molecular weight excluding hydrogens is 336 g/mol. The predicted molar refractivity (Wildman–Crippen MR) is 97.1 cm³/mol. The molecular formula is C19H28N2O5. The van der Waals surface area contributed by atoms with E-state index in [1.165, 1.54) is 0 Å². The van der Waals surface area contributed by atoms with Crippen LogP contribution >= 0.6 is 0 Å². The molecule has 1 aromatic carbocycles. The average molecular weight is 364 g/mol. The molecule has 0 spiro atoms. The summed E-state index contributed by atoms with van der Waals surface area (Å²) in [5.74, 6) is 0.541. The Hall–Kier alpha value is -2.28. The van der Waals surface area contributed by atoms with Gasteiger partial charge in [-0.25, -0.2) is 0 Å². The van der Waals surface area contributed by atoms with Crippen LogP contribution < -0.4 is 9.47 Å². The van der Waals surface area contributed by atoms with E-state index < -0.39 is 5.92 Å². The average Bonchev–Trinajstić information content (AvgIpc) is 3.01. The van der Waals surface area contributed by atoms with E-state index >= 15 is 0 Å². The maximum Gasteiger partial charge on any atom is 0.228 e. The van der Waals surface area contributed by atoms with Gasteiger partial charge in [-0.05, 0) is 31.5 Å². The van der Waals surface area contributed by atoms with Crippen LogP contribution in [0.15, 0.2) is 18.2 Å². The minimum Gasteiger partial charge on any atom is -0.493 e. The Balaban J connectivity index is 2.43. The lowest BCUT2D eigenvalue weighted by Crippen LogP contribution is -2.40. The molecule has 1 aliphatic rings. The minimum atomic E-state index is -0.480. The van der Waals surface area contributed by atoms with Crippen molar-refractivity contribution in [2.45, 2.75) is 26.3 Å². The topological polar surface area (TPSA) is 79.3 Å². The molecule has 1 saturated heterocycles. The number of methoxy groups -OCH3 is 2. The molecule has 26 heavy (non-hydrogen) atoms. The van der Waals surface area contributed by atoms with Crippen molar-refractivity contribution < 1.29 is 24.2 Å². The third-order valence-electron chi connectivity index (χ3n) is 4.90. The van der Waals surface area contributed by atoms with Crippen LogP contribution in [-0.4, -0.2) is 67.2 Å². The van der Waals surface area contributed by atoms with Crippen LogP contribution in [0, 0.1) is 5.92 Å². The van der Waals surface area contributed by atoms with Gasteiger partial charge in [-0.2, -0.15) is 0 Å². The second-order valence-corrected chi connectivity index (χ2v) is 6.19. The summed E-state index contributed by atoms with van der Waals surface area (Å²) in [6.07, 6.45) is 0.174. The smallest absolute Gasteiger partial charge is 0.228 e. The van der Waals surface area contributed by atoms with Crippen LogP contribution in [0.5, 0.6) is 11.5 Å². The number of ether oxygens (including phenoxy) is 2. The van der Waals surface area contributed by atoms with Gasteiger partial charge in [0.25, 0.3) is 0 Å². The number of carbonyl (C=O) groups excluding carboxylic acids is 2. The number of aliphatic hydroxyl groups excluding tert-OH is 1. The van der Waals surface area contributed by atoms with E-state index in [1.807, 2.05) is 26.0 Å². The molecule has 2 amide bonds. The van der Waals surface area contributed by atoms with E-state index in [2.05, 4.69) is 0 Å². The second kappa shape index (κ2) is 8.89.